The number of carbonyl (C=O) groups excluding carboxylic acids is 2. The molecule has 0 bridgehead atoms. The van der Waals surface area contributed by atoms with E-state index in [1.165, 1.54) is 12.3 Å². The number of benzene rings is 1. The second kappa shape index (κ2) is 8.52. The molecule has 0 atom stereocenters. The van der Waals surface area contributed by atoms with Gasteiger partial charge in [0.05, 0.1) is 12.1 Å². The first-order chi connectivity index (χ1) is 13.2. The van der Waals surface area contributed by atoms with Gasteiger partial charge in [-0.25, -0.2) is 4.98 Å². The molecule has 8 heteroatoms. The number of hydrogen-bond donors (Lipinski definition) is 3. The lowest BCUT2D eigenvalue weighted by Gasteiger charge is -2.00. The fourth-order valence-corrected chi connectivity index (χ4v) is 2.31. The van der Waals surface area contributed by atoms with Crippen LogP contribution < -0.4 is 10.6 Å². The SMILES string of the molecule is CNC(=O)c1cncc(/C=C/C(=O)NCc2nc(-c3ccccc3)n[nH]2)c1. The average molecular weight is 362 g/mol. The van der Waals surface area contributed by atoms with Crippen LogP contribution in [0, 0.1) is 0 Å². The summed E-state index contributed by atoms with van der Waals surface area (Å²) in [7, 11) is 1.55. The Morgan fingerprint density at radius 1 is 1.19 bits per heavy atom. The molecule has 0 aliphatic heterocycles. The Labute approximate surface area is 155 Å². The highest BCUT2D eigenvalue weighted by Crippen LogP contribution is 2.13. The topological polar surface area (TPSA) is 113 Å². The van der Waals surface area contributed by atoms with Gasteiger partial charge in [0.25, 0.3) is 5.91 Å². The molecule has 1 aromatic carbocycles. The van der Waals surface area contributed by atoms with E-state index in [1.807, 2.05) is 30.3 Å². The molecule has 2 heterocycles. The highest BCUT2D eigenvalue weighted by molar-refractivity contribution is 5.95. The van der Waals surface area contributed by atoms with Gasteiger partial charge in [0.2, 0.25) is 5.91 Å². The number of hydrogen-bond acceptors (Lipinski definition) is 5. The minimum Gasteiger partial charge on any atom is -0.355 e. The Bertz CT molecular complexity index is 965. The fourth-order valence-electron chi connectivity index (χ4n) is 2.31. The van der Waals surface area contributed by atoms with Gasteiger partial charge in [-0.15, -0.1) is 0 Å². The van der Waals surface area contributed by atoms with Crippen molar-refractivity contribution < 1.29 is 9.59 Å². The maximum Gasteiger partial charge on any atom is 0.252 e. The van der Waals surface area contributed by atoms with Crippen LogP contribution in [0.15, 0.2) is 54.9 Å². The van der Waals surface area contributed by atoms with Crippen molar-refractivity contribution in [1.82, 2.24) is 30.8 Å². The van der Waals surface area contributed by atoms with Crippen molar-refractivity contribution in [3.05, 3.63) is 71.8 Å². The molecule has 0 aliphatic carbocycles. The molecule has 0 saturated carbocycles. The van der Waals surface area contributed by atoms with Gasteiger partial charge in [0.15, 0.2) is 5.82 Å². The Balaban J connectivity index is 1.56. The highest BCUT2D eigenvalue weighted by Gasteiger charge is 2.06. The van der Waals surface area contributed by atoms with E-state index >= 15 is 0 Å². The maximum atomic E-state index is 12.0. The first kappa shape index (κ1) is 18.0. The van der Waals surface area contributed by atoms with Gasteiger partial charge in [-0.1, -0.05) is 30.3 Å². The largest absolute Gasteiger partial charge is 0.355 e. The van der Waals surface area contributed by atoms with Crippen LogP contribution >= 0.6 is 0 Å². The van der Waals surface area contributed by atoms with Crippen molar-refractivity contribution in [3.63, 3.8) is 0 Å². The monoisotopic (exact) mass is 362 g/mol. The summed E-state index contributed by atoms with van der Waals surface area (Å²) >= 11 is 0. The fraction of sp³-hybridized carbons (Fsp3) is 0.105. The molecule has 2 amide bonds. The normalized spacial score (nSPS) is 10.7. The summed E-state index contributed by atoms with van der Waals surface area (Å²) < 4.78 is 0. The van der Waals surface area contributed by atoms with Crippen molar-refractivity contribution in [2.45, 2.75) is 6.54 Å². The van der Waals surface area contributed by atoms with E-state index in [4.69, 9.17) is 0 Å². The lowest BCUT2D eigenvalue weighted by Crippen LogP contribution is -2.21. The molecule has 0 fully saturated rings. The molecule has 3 rings (SSSR count). The lowest BCUT2D eigenvalue weighted by molar-refractivity contribution is -0.116. The number of aromatic amines is 1. The Morgan fingerprint density at radius 2 is 2.00 bits per heavy atom. The van der Waals surface area contributed by atoms with Gasteiger partial charge in [-0.3, -0.25) is 19.7 Å². The first-order valence-corrected chi connectivity index (χ1v) is 8.25. The highest BCUT2D eigenvalue weighted by atomic mass is 16.2. The van der Waals surface area contributed by atoms with Crippen LogP contribution in [0.4, 0.5) is 0 Å². The number of H-pyrrole nitrogens is 1. The molecular weight excluding hydrogens is 344 g/mol. The van der Waals surface area contributed by atoms with Gasteiger partial charge in [0, 0.05) is 31.1 Å². The van der Waals surface area contributed by atoms with Crippen LogP contribution in [0.3, 0.4) is 0 Å². The second-order valence-electron chi connectivity index (χ2n) is 5.61. The van der Waals surface area contributed by atoms with Crippen molar-refractivity contribution in [2.75, 3.05) is 7.05 Å². The zero-order valence-corrected chi connectivity index (χ0v) is 14.6. The summed E-state index contributed by atoms with van der Waals surface area (Å²) in [4.78, 5) is 31.9. The van der Waals surface area contributed by atoms with E-state index in [1.54, 1.807) is 25.4 Å². The van der Waals surface area contributed by atoms with Crippen molar-refractivity contribution >= 4 is 17.9 Å². The number of aromatic nitrogens is 4. The molecule has 0 unspecified atom stereocenters. The van der Waals surface area contributed by atoms with Gasteiger partial charge >= 0.3 is 0 Å². The zero-order chi connectivity index (χ0) is 19.1. The van der Waals surface area contributed by atoms with Crippen molar-refractivity contribution in [3.8, 4) is 11.4 Å². The first-order valence-electron chi connectivity index (χ1n) is 8.25. The lowest BCUT2D eigenvalue weighted by atomic mass is 10.2. The predicted octanol–water partition coefficient (Wildman–Crippen LogP) is 1.56. The maximum absolute atomic E-state index is 12.0. The Hall–Kier alpha value is -3.81. The predicted molar refractivity (Wildman–Crippen MR) is 100 cm³/mol. The van der Waals surface area contributed by atoms with E-state index in [-0.39, 0.29) is 18.4 Å². The van der Waals surface area contributed by atoms with E-state index in [2.05, 4.69) is 30.8 Å². The molecule has 0 radical (unpaired) electrons. The average Bonchev–Trinajstić information content (AvgIpc) is 3.20. The number of rotatable bonds is 6. The van der Waals surface area contributed by atoms with Crippen LogP contribution in [0.1, 0.15) is 21.7 Å². The van der Waals surface area contributed by atoms with Crippen LogP contribution in [-0.2, 0) is 11.3 Å². The molecule has 0 saturated heterocycles. The van der Waals surface area contributed by atoms with Crippen molar-refractivity contribution in [1.29, 1.82) is 0 Å². The van der Waals surface area contributed by atoms with Gasteiger partial charge in [-0.05, 0) is 17.7 Å². The minimum atomic E-state index is -0.294. The summed E-state index contributed by atoms with van der Waals surface area (Å²) in [6, 6.07) is 11.2. The molecule has 0 aliphatic rings. The second-order valence-corrected chi connectivity index (χ2v) is 5.61. The summed E-state index contributed by atoms with van der Waals surface area (Å²) in [5, 5.41) is 12.2. The molecule has 2 aromatic heterocycles. The van der Waals surface area contributed by atoms with E-state index in [9.17, 15) is 9.59 Å². The van der Waals surface area contributed by atoms with Gasteiger partial charge < -0.3 is 10.6 Å². The number of carbonyl (C=O) groups is 2. The molecule has 136 valence electrons. The number of pyridine rings is 1. The number of nitrogens with zero attached hydrogens (tertiary/aromatic N) is 3. The van der Waals surface area contributed by atoms with E-state index in [0.29, 0.717) is 22.8 Å². The van der Waals surface area contributed by atoms with E-state index < -0.39 is 0 Å². The quantitative estimate of drug-likeness (QED) is 0.576. The molecule has 3 aromatic rings. The van der Waals surface area contributed by atoms with Crippen LogP contribution in [0.25, 0.3) is 17.5 Å². The molecule has 0 spiro atoms. The standard InChI is InChI=1S/C19H18N6O2/c1-20-19(27)15-9-13(10-21-11-15)7-8-17(26)22-12-16-23-18(25-24-16)14-5-3-2-4-6-14/h2-11H,12H2,1H3,(H,20,27)(H,22,26)(H,23,24,25)/b8-7+. The summed E-state index contributed by atoms with van der Waals surface area (Å²) in [5.74, 6) is 0.603. The summed E-state index contributed by atoms with van der Waals surface area (Å²) in [6.45, 7) is 0.222. The van der Waals surface area contributed by atoms with E-state index in [0.717, 1.165) is 5.56 Å². The zero-order valence-electron chi connectivity index (χ0n) is 14.6. The van der Waals surface area contributed by atoms with Crippen LogP contribution in [-0.4, -0.2) is 39.0 Å². The minimum absolute atomic E-state index is 0.222. The molecular formula is C19H18N6O2. The third-order valence-corrected chi connectivity index (χ3v) is 3.67. The molecule has 3 N–H and O–H groups in total. The third-order valence-electron chi connectivity index (χ3n) is 3.67. The van der Waals surface area contributed by atoms with Gasteiger partial charge in [-0.2, -0.15) is 5.10 Å². The van der Waals surface area contributed by atoms with Gasteiger partial charge in [0.1, 0.15) is 5.82 Å². The van der Waals surface area contributed by atoms with Crippen LogP contribution in [0.2, 0.25) is 0 Å². The van der Waals surface area contributed by atoms with Crippen LogP contribution in [0.5, 0.6) is 0 Å². The summed E-state index contributed by atoms with van der Waals surface area (Å²) in [6.07, 6.45) is 5.99. The Kier molecular flexibility index (Phi) is 5.68. The summed E-state index contributed by atoms with van der Waals surface area (Å²) in [5.41, 5.74) is 1.97. The Morgan fingerprint density at radius 3 is 2.78 bits per heavy atom. The third kappa shape index (κ3) is 4.85. The smallest absolute Gasteiger partial charge is 0.252 e. The molecule has 8 nitrogen and oxygen atoms in total. The molecule has 27 heavy (non-hydrogen) atoms. The van der Waals surface area contributed by atoms with Crippen molar-refractivity contribution in [2.24, 2.45) is 0 Å². The number of amides is 2. The number of nitrogens with one attached hydrogen (secondary N) is 3.